The van der Waals surface area contributed by atoms with E-state index in [1.165, 1.54) is 44.9 Å². The fourth-order valence-corrected chi connectivity index (χ4v) is 9.07. The molecule has 7 aromatic carbocycles. The van der Waals surface area contributed by atoms with Gasteiger partial charge < -0.3 is 10.2 Å². The number of para-hydroxylation sites is 3. The van der Waals surface area contributed by atoms with Crippen molar-refractivity contribution in [2.24, 2.45) is 0 Å². The summed E-state index contributed by atoms with van der Waals surface area (Å²) in [6, 6.07) is 67.2. The molecular formula is C52H36N4. The number of allylic oxidation sites excluding steroid dienone is 3. The molecule has 264 valence electrons. The summed E-state index contributed by atoms with van der Waals surface area (Å²) in [5.74, 6) is 0.701. The standard InChI is InChI=1S/C52H36N4/c1-4-16-35(17-5-1)46-34-47(36-18-6-2-7-19-36)55-51(54-46)39-21-14-20-37(32-39)38-29-30-41-42-24-15-31-53-50(42)52(45(41)33-38)43-25-10-12-27-48(43)56(40-22-8-3-9-23-40)49-28-13-11-26-44(49)52/h1-30,32-34,53H,31H2. The molecule has 0 radical (unpaired) electrons. The highest BCUT2D eigenvalue weighted by Crippen LogP contribution is 2.62. The number of anilines is 3. The van der Waals surface area contributed by atoms with Gasteiger partial charge in [-0.3, -0.25) is 0 Å². The van der Waals surface area contributed by atoms with E-state index in [0.717, 1.165) is 51.4 Å². The van der Waals surface area contributed by atoms with Crippen molar-refractivity contribution in [2.45, 2.75) is 5.41 Å². The minimum Gasteiger partial charge on any atom is -0.383 e. The van der Waals surface area contributed by atoms with E-state index < -0.39 is 5.41 Å². The summed E-state index contributed by atoms with van der Waals surface area (Å²) in [4.78, 5) is 12.7. The number of nitrogens with one attached hydrogen (secondary N) is 1. The largest absolute Gasteiger partial charge is 0.383 e. The molecule has 4 nitrogen and oxygen atoms in total. The molecule has 1 aliphatic carbocycles. The molecule has 3 heterocycles. The van der Waals surface area contributed by atoms with Crippen molar-refractivity contribution in [3.05, 3.63) is 228 Å². The zero-order valence-corrected chi connectivity index (χ0v) is 30.6. The Bertz CT molecular complexity index is 2750. The molecule has 3 aliphatic rings. The first-order chi connectivity index (χ1) is 27.8. The molecule has 1 spiro atoms. The zero-order valence-electron chi connectivity index (χ0n) is 30.6. The molecule has 0 saturated carbocycles. The van der Waals surface area contributed by atoms with Crippen molar-refractivity contribution >= 4 is 22.6 Å². The summed E-state index contributed by atoms with van der Waals surface area (Å²) in [6.07, 6.45) is 4.55. The minimum absolute atomic E-state index is 0.542. The van der Waals surface area contributed by atoms with Gasteiger partial charge in [0.05, 0.1) is 28.2 Å². The third-order valence-corrected chi connectivity index (χ3v) is 11.5. The number of rotatable bonds is 5. The number of fused-ring (bicyclic) bond motifs is 8. The predicted octanol–water partition coefficient (Wildman–Crippen LogP) is 12.1. The number of aromatic nitrogens is 2. The van der Waals surface area contributed by atoms with E-state index in [-0.39, 0.29) is 0 Å². The van der Waals surface area contributed by atoms with Crippen LogP contribution >= 0.6 is 0 Å². The molecule has 56 heavy (non-hydrogen) atoms. The summed E-state index contributed by atoms with van der Waals surface area (Å²) in [7, 11) is 0. The Kier molecular flexibility index (Phi) is 7.42. The Balaban J connectivity index is 1.10. The molecule has 4 heteroatoms. The van der Waals surface area contributed by atoms with Gasteiger partial charge in [0.2, 0.25) is 0 Å². The third-order valence-electron chi connectivity index (χ3n) is 11.5. The van der Waals surface area contributed by atoms with Crippen molar-refractivity contribution in [3.8, 4) is 45.0 Å². The van der Waals surface area contributed by atoms with Crippen LogP contribution in [-0.2, 0) is 5.41 Å². The van der Waals surface area contributed by atoms with Crippen LogP contribution in [0.25, 0.3) is 50.6 Å². The molecule has 1 N–H and O–H groups in total. The predicted molar refractivity (Wildman–Crippen MR) is 229 cm³/mol. The fourth-order valence-electron chi connectivity index (χ4n) is 9.07. The van der Waals surface area contributed by atoms with Crippen molar-refractivity contribution in [2.75, 3.05) is 11.4 Å². The second-order valence-corrected chi connectivity index (χ2v) is 14.6. The molecule has 8 aromatic rings. The Hall–Kier alpha value is -7.30. The lowest BCUT2D eigenvalue weighted by Gasteiger charge is -2.46. The summed E-state index contributed by atoms with van der Waals surface area (Å²) in [6.45, 7) is 0.781. The lowest BCUT2D eigenvalue weighted by molar-refractivity contribution is 0.659. The molecule has 0 atom stereocenters. The number of benzene rings is 7. The van der Waals surface area contributed by atoms with E-state index in [1.54, 1.807) is 0 Å². The van der Waals surface area contributed by atoms with E-state index in [0.29, 0.717) is 5.82 Å². The Morgan fingerprint density at radius 3 is 1.68 bits per heavy atom. The van der Waals surface area contributed by atoms with E-state index in [4.69, 9.17) is 9.97 Å². The zero-order chi connectivity index (χ0) is 37.1. The van der Waals surface area contributed by atoms with Gasteiger partial charge in [-0.25, -0.2) is 9.97 Å². The van der Waals surface area contributed by atoms with Crippen LogP contribution < -0.4 is 10.2 Å². The van der Waals surface area contributed by atoms with Crippen LogP contribution in [0, 0.1) is 0 Å². The van der Waals surface area contributed by atoms with Crippen molar-refractivity contribution in [1.29, 1.82) is 0 Å². The van der Waals surface area contributed by atoms with Crippen LogP contribution in [0.15, 0.2) is 206 Å². The van der Waals surface area contributed by atoms with E-state index in [2.05, 4.69) is 198 Å². The van der Waals surface area contributed by atoms with Gasteiger partial charge in [0, 0.05) is 40.2 Å². The van der Waals surface area contributed by atoms with Gasteiger partial charge >= 0.3 is 0 Å². The first-order valence-electron chi connectivity index (χ1n) is 19.2. The average Bonchev–Trinajstić information content (AvgIpc) is 3.57. The van der Waals surface area contributed by atoms with Gasteiger partial charge in [0.1, 0.15) is 0 Å². The van der Waals surface area contributed by atoms with Gasteiger partial charge in [-0.05, 0) is 75.8 Å². The van der Waals surface area contributed by atoms with Crippen LogP contribution in [0.3, 0.4) is 0 Å². The monoisotopic (exact) mass is 716 g/mol. The maximum Gasteiger partial charge on any atom is 0.160 e. The first-order valence-corrected chi connectivity index (χ1v) is 19.2. The smallest absolute Gasteiger partial charge is 0.160 e. The second-order valence-electron chi connectivity index (χ2n) is 14.6. The minimum atomic E-state index is -0.542. The Morgan fingerprint density at radius 1 is 0.464 bits per heavy atom. The van der Waals surface area contributed by atoms with Gasteiger partial charge in [-0.2, -0.15) is 0 Å². The van der Waals surface area contributed by atoms with E-state index >= 15 is 0 Å². The lowest BCUT2D eigenvalue weighted by atomic mass is 9.65. The molecule has 1 aromatic heterocycles. The molecule has 0 fully saturated rings. The third kappa shape index (κ3) is 4.93. The average molecular weight is 717 g/mol. The van der Waals surface area contributed by atoms with Crippen molar-refractivity contribution < 1.29 is 0 Å². The molecule has 0 unspecified atom stereocenters. The highest BCUT2D eigenvalue weighted by atomic mass is 15.2. The van der Waals surface area contributed by atoms with Crippen LogP contribution in [-0.4, -0.2) is 16.5 Å². The van der Waals surface area contributed by atoms with Crippen molar-refractivity contribution in [1.82, 2.24) is 15.3 Å². The van der Waals surface area contributed by atoms with Gasteiger partial charge in [-0.1, -0.05) is 158 Å². The number of hydrogen-bond acceptors (Lipinski definition) is 4. The van der Waals surface area contributed by atoms with Gasteiger partial charge in [0.15, 0.2) is 5.82 Å². The quantitative estimate of drug-likeness (QED) is 0.193. The normalized spacial score (nSPS) is 14.5. The van der Waals surface area contributed by atoms with Gasteiger partial charge in [0.25, 0.3) is 0 Å². The van der Waals surface area contributed by atoms with Crippen LogP contribution in [0.4, 0.5) is 17.1 Å². The number of nitrogens with zero attached hydrogens (tertiary/aromatic N) is 3. The molecule has 0 amide bonds. The first kappa shape index (κ1) is 32.2. The van der Waals surface area contributed by atoms with Gasteiger partial charge in [-0.15, -0.1) is 0 Å². The van der Waals surface area contributed by atoms with Crippen LogP contribution in [0.2, 0.25) is 0 Å². The maximum absolute atomic E-state index is 5.15. The SMILES string of the molecule is C1=CC2=C(NC1)C1(c3cc(-c4cccc(-c5nc(-c6ccccc6)cc(-c6ccccc6)n5)c4)ccc32)c2ccccc2N(c2ccccc2)c2ccccc21. The molecule has 2 aliphatic heterocycles. The van der Waals surface area contributed by atoms with Crippen LogP contribution in [0.1, 0.15) is 22.3 Å². The Labute approximate surface area is 326 Å². The maximum atomic E-state index is 5.15. The number of dihydropyridines is 1. The molecule has 0 bridgehead atoms. The second kappa shape index (κ2) is 12.9. The summed E-state index contributed by atoms with van der Waals surface area (Å²) in [5.41, 5.74) is 17.7. The Morgan fingerprint density at radius 2 is 1.02 bits per heavy atom. The summed E-state index contributed by atoms with van der Waals surface area (Å²) >= 11 is 0. The van der Waals surface area contributed by atoms with Crippen molar-refractivity contribution in [3.63, 3.8) is 0 Å². The number of hydrogen-bond donors (Lipinski definition) is 1. The van der Waals surface area contributed by atoms with Crippen LogP contribution in [0.5, 0.6) is 0 Å². The molecule has 11 rings (SSSR count). The topological polar surface area (TPSA) is 41.1 Å². The molecule has 0 saturated heterocycles. The fraction of sp³-hybridized carbons (Fsp3) is 0.0385. The summed E-state index contributed by atoms with van der Waals surface area (Å²) in [5, 5.41) is 3.91. The van der Waals surface area contributed by atoms with E-state index in [1.807, 2.05) is 12.1 Å². The van der Waals surface area contributed by atoms with E-state index in [9.17, 15) is 0 Å². The summed E-state index contributed by atoms with van der Waals surface area (Å²) < 4.78 is 0. The molecular weight excluding hydrogens is 681 g/mol. The lowest BCUT2D eigenvalue weighted by Crippen LogP contribution is -2.41. The highest BCUT2D eigenvalue weighted by molar-refractivity contribution is 5.98. The highest BCUT2D eigenvalue weighted by Gasteiger charge is 2.53.